The summed E-state index contributed by atoms with van der Waals surface area (Å²) in [6, 6.07) is 9.99. The molecule has 1 saturated heterocycles. The zero-order chi connectivity index (χ0) is 25.3. The van der Waals surface area contributed by atoms with Crippen LogP contribution in [-0.2, 0) is 29.7 Å². The molecule has 0 spiro atoms. The standard InChI is InChI=1S/C22H31N3O8S2/c1-18-15-19(31-11-4-12-32-23)17-20(16-18)33-35(28,29)22-6-3-2-5-21(22)34(26,27)24-7-8-25-9-13-30-14-10-25/h2-3,5-6,15-17,24H,4,7-14,23H2,1H3. The van der Waals surface area contributed by atoms with Crippen LogP contribution < -0.4 is 19.5 Å². The molecule has 0 aliphatic carbocycles. The highest BCUT2D eigenvalue weighted by Crippen LogP contribution is 2.28. The lowest BCUT2D eigenvalue weighted by Gasteiger charge is -2.26. The minimum absolute atomic E-state index is 0.00236. The van der Waals surface area contributed by atoms with E-state index in [1.165, 1.54) is 36.4 Å². The molecule has 0 bridgehead atoms. The number of hydrogen-bond donors (Lipinski definition) is 2. The average molecular weight is 530 g/mol. The van der Waals surface area contributed by atoms with Gasteiger partial charge in [-0.15, -0.1) is 0 Å². The number of nitrogens with zero attached hydrogens (tertiary/aromatic N) is 1. The van der Waals surface area contributed by atoms with Crippen molar-refractivity contribution in [2.75, 3.05) is 52.6 Å². The maximum absolute atomic E-state index is 13.1. The van der Waals surface area contributed by atoms with E-state index in [0.717, 1.165) is 0 Å². The molecule has 0 amide bonds. The number of ether oxygens (including phenoxy) is 2. The van der Waals surface area contributed by atoms with Crippen LogP contribution >= 0.6 is 0 Å². The van der Waals surface area contributed by atoms with Crippen molar-refractivity contribution in [2.24, 2.45) is 5.90 Å². The number of hydrogen-bond acceptors (Lipinski definition) is 10. The number of aryl methyl sites for hydroxylation is 1. The second-order valence-electron chi connectivity index (χ2n) is 7.89. The van der Waals surface area contributed by atoms with Crippen LogP contribution in [0, 0.1) is 6.92 Å². The molecule has 0 unspecified atom stereocenters. The molecule has 1 aliphatic heterocycles. The highest BCUT2D eigenvalue weighted by Gasteiger charge is 2.28. The van der Waals surface area contributed by atoms with E-state index in [-0.39, 0.29) is 17.2 Å². The Balaban J connectivity index is 1.74. The molecule has 35 heavy (non-hydrogen) atoms. The van der Waals surface area contributed by atoms with Crippen molar-refractivity contribution in [1.29, 1.82) is 0 Å². The lowest BCUT2D eigenvalue weighted by Crippen LogP contribution is -2.41. The fourth-order valence-corrected chi connectivity index (χ4v) is 6.21. The monoisotopic (exact) mass is 529 g/mol. The summed E-state index contributed by atoms with van der Waals surface area (Å²) >= 11 is 0. The molecule has 1 fully saturated rings. The third-order valence-electron chi connectivity index (χ3n) is 5.14. The van der Waals surface area contributed by atoms with E-state index in [1.807, 2.05) is 0 Å². The number of nitrogens with one attached hydrogen (secondary N) is 1. The Kier molecular flexibility index (Phi) is 9.86. The molecule has 1 aliphatic rings. The van der Waals surface area contributed by atoms with Gasteiger partial charge in [0, 0.05) is 38.7 Å². The molecule has 13 heteroatoms. The van der Waals surface area contributed by atoms with Crippen molar-refractivity contribution >= 4 is 20.1 Å². The summed E-state index contributed by atoms with van der Waals surface area (Å²) in [5, 5.41) is 0. The summed E-state index contributed by atoms with van der Waals surface area (Å²) in [5.74, 6) is 5.39. The van der Waals surface area contributed by atoms with Crippen molar-refractivity contribution < 1.29 is 35.3 Å². The molecule has 0 radical (unpaired) electrons. The number of morpholine rings is 1. The topological polar surface area (TPSA) is 146 Å². The summed E-state index contributed by atoms with van der Waals surface area (Å²) < 4.78 is 70.8. The Hall–Kier alpha value is -2.26. The molecule has 0 atom stereocenters. The van der Waals surface area contributed by atoms with Gasteiger partial charge in [-0.1, -0.05) is 12.1 Å². The van der Waals surface area contributed by atoms with Crippen molar-refractivity contribution in [3.8, 4) is 11.5 Å². The van der Waals surface area contributed by atoms with Gasteiger partial charge in [0.25, 0.3) is 0 Å². The fourth-order valence-electron chi connectivity index (χ4n) is 3.47. The van der Waals surface area contributed by atoms with E-state index < -0.39 is 25.0 Å². The minimum Gasteiger partial charge on any atom is -0.493 e. The van der Waals surface area contributed by atoms with E-state index >= 15 is 0 Å². The second-order valence-corrected chi connectivity index (χ2v) is 11.1. The van der Waals surface area contributed by atoms with Crippen LogP contribution in [0.2, 0.25) is 0 Å². The Bertz CT molecular complexity index is 1180. The molecule has 0 aromatic heterocycles. The highest BCUT2D eigenvalue weighted by atomic mass is 32.2. The first-order valence-corrected chi connectivity index (χ1v) is 14.0. The van der Waals surface area contributed by atoms with E-state index in [0.29, 0.717) is 63.8 Å². The summed E-state index contributed by atoms with van der Waals surface area (Å²) in [6.45, 7) is 5.61. The van der Waals surface area contributed by atoms with E-state index in [2.05, 4.69) is 14.5 Å². The van der Waals surface area contributed by atoms with Crippen molar-refractivity contribution in [3.63, 3.8) is 0 Å². The summed E-state index contributed by atoms with van der Waals surface area (Å²) in [5.41, 5.74) is 0.702. The first-order chi connectivity index (χ1) is 16.7. The Morgan fingerprint density at radius 1 is 1.00 bits per heavy atom. The van der Waals surface area contributed by atoms with Crippen molar-refractivity contribution in [2.45, 2.75) is 23.1 Å². The molecular formula is C22H31N3O8S2. The molecule has 3 N–H and O–H groups in total. The number of rotatable bonds is 13. The molecule has 2 aromatic carbocycles. The Labute approximate surface area is 206 Å². The van der Waals surface area contributed by atoms with Gasteiger partial charge < -0.3 is 18.5 Å². The van der Waals surface area contributed by atoms with Gasteiger partial charge in [0.1, 0.15) is 21.3 Å². The van der Waals surface area contributed by atoms with E-state index in [9.17, 15) is 16.8 Å². The first kappa shape index (κ1) is 27.3. The van der Waals surface area contributed by atoms with Gasteiger partial charge in [-0.05, 0) is 36.8 Å². The van der Waals surface area contributed by atoms with Gasteiger partial charge >= 0.3 is 10.1 Å². The largest absolute Gasteiger partial charge is 0.493 e. The summed E-state index contributed by atoms with van der Waals surface area (Å²) in [6.07, 6.45) is 0.544. The van der Waals surface area contributed by atoms with Gasteiger partial charge in [-0.3, -0.25) is 4.90 Å². The maximum Gasteiger partial charge on any atom is 0.340 e. The fraction of sp³-hybridized carbons (Fsp3) is 0.455. The van der Waals surface area contributed by atoms with Gasteiger partial charge in [0.15, 0.2) is 0 Å². The third kappa shape index (κ3) is 8.14. The van der Waals surface area contributed by atoms with Gasteiger partial charge in [0.2, 0.25) is 10.0 Å². The average Bonchev–Trinajstić information content (AvgIpc) is 2.82. The lowest BCUT2D eigenvalue weighted by atomic mass is 10.2. The first-order valence-electron chi connectivity index (χ1n) is 11.1. The number of sulfonamides is 1. The quantitative estimate of drug-likeness (QED) is 0.219. The van der Waals surface area contributed by atoms with Crippen molar-refractivity contribution in [3.05, 3.63) is 48.0 Å². The van der Waals surface area contributed by atoms with Crippen LogP contribution in [0.4, 0.5) is 0 Å². The Morgan fingerprint density at radius 2 is 1.69 bits per heavy atom. The molecule has 194 valence electrons. The summed E-state index contributed by atoms with van der Waals surface area (Å²) in [7, 11) is -8.59. The highest BCUT2D eigenvalue weighted by molar-refractivity contribution is 7.91. The normalized spacial score (nSPS) is 15.1. The Morgan fingerprint density at radius 3 is 2.40 bits per heavy atom. The van der Waals surface area contributed by atoms with Crippen LogP contribution in [-0.4, -0.2) is 74.3 Å². The molecule has 2 aromatic rings. The third-order valence-corrected chi connectivity index (χ3v) is 8.09. The van der Waals surface area contributed by atoms with Gasteiger partial charge in [-0.25, -0.2) is 19.0 Å². The van der Waals surface area contributed by atoms with Crippen LogP contribution in [0.1, 0.15) is 12.0 Å². The van der Waals surface area contributed by atoms with Crippen LogP contribution in [0.15, 0.2) is 52.3 Å². The van der Waals surface area contributed by atoms with E-state index in [4.69, 9.17) is 19.6 Å². The van der Waals surface area contributed by atoms with Crippen LogP contribution in [0.3, 0.4) is 0 Å². The summed E-state index contributed by atoms with van der Waals surface area (Å²) in [4.78, 5) is 5.72. The molecule has 1 heterocycles. The predicted molar refractivity (Wildman–Crippen MR) is 128 cm³/mol. The molecular weight excluding hydrogens is 498 g/mol. The second kappa shape index (κ2) is 12.6. The zero-order valence-electron chi connectivity index (χ0n) is 19.5. The lowest BCUT2D eigenvalue weighted by molar-refractivity contribution is 0.0390. The molecule has 11 nitrogen and oxygen atoms in total. The smallest absolute Gasteiger partial charge is 0.340 e. The molecule has 3 rings (SSSR count). The van der Waals surface area contributed by atoms with Crippen LogP contribution in [0.5, 0.6) is 11.5 Å². The molecule has 0 saturated carbocycles. The van der Waals surface area contributed by atoms with E-state index in [1.54, 1.807) is 13.0 Å². The number of benzene rings is 2. The maximum atomic E-state index is 13.1. The van der Waals surface area contributed by atoms with Gasteiger partial charge in [0.05, 0.1) is 26.4 Å². The zero-order valence-corrected chi connectivity index (χ0v) is 21.1. The van der Waals surface area contributed by atoms with Gasteiger partial charge in [-0.2, -0.15) is 8.42 Å². The number of nitrogens with two attached hydrogens (primary N) is 1. The van der Waals surface area contributed by atoms with Crippen molar-refractivity contribution in [1.82, 2.24) is 9.62 Å². The van der Waals surface area contributed by atoms with Crippen LogP contribution in [0.25, 0.3) is 0 Å². The minimum atomic E-state index is -4.47. The predicted octanol–water partition coefficient (Wildman–Crippen LogP) is 1.03. The SMILES string of the molecule is Cc1cc(OCCCON)cc(OS(=O)(=O)c2ccccc2S(=O)(=O)NCCN2CCOCC2)c1.